The van der Waals surface area contributed by atoms with Crippen molar-refractivity contribution in [3.8, 4) is 0 Å². The van der Waals surface area contributed by atoms with E-state index in [1.165, 1.54) is 18.4 Å². The summed E-state index contributed by atoms with van der Waals surface area (Å²) in [5.74, 6) is -0.274. The van der Waals surface area contributed by atoms with E-state index in [0.717, 1.165) is 16.7 Å². The zero-order chi connectivity index (χ0) is 15.6. The van der Waals surface area contributed by atoms with Crippen molar-refractivity contribution in [3.63, 3.8) is 0 Å². The Bertz CT molecular complexity index is 757. The summed E-state index contributed by atoms with van der Waals surface area (Å²) in [6.07, 6.45) is 1.70. The van der Waals surface area contributed by atoms with Crippen LogP contribution in [0.3, 0.4) is 0 Å². The fourth-order valence-corrected chi connectivity index (χ4v) is 2.89. The van der Waals surface area contributed by atoms with E-state index in [2.05, 4.69) is 0 Å². The van der Waals surface area contributed by atoms with Gasteiger partial charge in [-0.2, -0.15) is 0 Å². The maximum atomic E-state index is 13.1. The molecule has 0 aromatic heterocycles. The van der Waals surface area contributed by atoms with Gasteiger partial charge in [0.25, 0.3) is 0 Å². The van der Waals surface area contributed by atoms with Gasteiger partial charge in [-0.25, -0.2) is 12.8 Å². The summed E-state index contributed by atoms with van der Waals surface area (Å²) in [4.78, 5) is 0.256. The van der Waals surface area contributed by atoms with Crippen LogP contribution in [0.4, 0.5) is 4.39 Å². The molecule has 0 aliphatic carbocycles. The second-order valence-corrected chi connectivity index (χ2v) is 7.24. The van der Waals surface area contributed by atoms with Crippen molar-refractivity contribution in [2.24, 2.45) is 5.73 Å². The number of nitrogens with two attached hydrogens (primary N) is 1. The van der Waals surface area contributed by atoms with E-state index in [1.54, 1.807) is 30.3 Å². The molecule has 1 atom stereocenters. The first-order valence-electron chi connectivity index (χ1n) is 6.58. The number of aryl methyl sites for hydroxylation is 1. The van der Waals surface area contributed by atoms with E-state index < -0.39 is 9.84 Å². The predicted molar refractivity (Wildman–Crippen MR) is 81.3 cm³/mol. The first-order chi connectivity index (χ1) is 9.77. The van der Waals surface area contributed by atoms with E-state index in [4.69, 9.17) is 5.73 Å². The van der Waals surface area contributed by atoms with Crippen LogP contribution in [0, 0.1) is 12.7 Å². The SMILES string of the molecule is Cc1cc(F)ccc1CC(N)c1cccc(S(C)(=O)=O)c1. The molecule has 1 unspecified atom stereocenters. The number of halogens is 1. The molecule has 0 radical (unpaired) electrons. The molecule has 2 aromatic carbocycles. The van der Waals surface area contributed by atoms with Gasteiger partial charge in [-0.05, 0) is 54.3 Å². The minimum Gasteiger partial charge on any atom is -0.324 e. The van der Waals surface area contributed by atoms with Crippen LogP contribution in [0.15, 0.2) is 47.4 Å². The molecule has 0 heterocycles. The van der Waals surface area contributed by atoms with Crippen LogP contribution in [-0.2, 0) is 16.3 Å². The third-order valence-corrected chi connectivity index (χ3v) is 4.57. The van der Waals surface area contributed by atoms with Crippen LogP contribution in [-0.4, -0.2) is 14.7 Å². The first-order valence-corrected chi connectivity index (χ1v) is 8.47. The zero-order valence-electron chi connectivity index (χ0n) is 12.0. The lowest BCUT2D eigenvalue weighted by Crippen LogP contribution is -2.14. The molecule has 0 spiro atoms. The Hall–Kier alpha value is -1.72. The number of benzene rings is 2. The lowest BCUT2D eigenvalue weighted by molar-refractivity contribution is 0.601. The molecule has 0 saturated heterocycles. The first kappa shape index (κ1) is 15.7. The van der Waals surface area contributed by atoms with E-state index in [9.17, 15) is 12.8 Å². The largest absolute Gasteiger partial charge is 0.324 e. The van der Waals surface area contributed by atoms with Crippen LogP contribution in [0.5, 0.6) is 0 Å². The molecule has 0 amide bonds. The third kappa shape index (κ3) is 3.89. The molecule has 21 heavy (non-hydrogen) atoms. The standard InChI is InChI=1S/C16H18FNO2S/c1-11-8-14(17)7-6-12(11)10-16(18)13-4-3-5-15(9-13)21(2,19)20/h3-9,16H,10,18H2,1-2H3. The molecule has 0 aliphatic rings. The van der Waals surface area contributed by atoms with Crippen LogP contribution in [0.25, 0.3) is 0 Å². The summed E-state index contributed by atoms with van der Waals surface area (Å²) < 4.78 is 36.2. The smallest absolute Gasteiger partial charge is 0.175 e. The van der Waals surface area contributed by atoms with Gasteiger partial charge in [0.2, 0.25) is 0 Å². The van der Waals surface area contributed by atoms with Gasteiger partial charge in [0.05, 0.1) is 4.90 Å². The number of hydrogen-bond donors (Lipinski definition) is 1. The van der Waals surface area contributed by atoms with Gasteiger partial charge in [0.15, 0.2) is 9.84 Å². The van der Waals surface area contributed by atoms with Crippen molar-refractivity contribution in [2.75, 3.05) is 6.26 Å². The predicted octanol–water partition coefficient (Wildman–Crippen LogP) is 2.78. The van der Waals surface area contributed by atoms with Crippen LogP contribution in [0.1, 0.15) is 22.7 Å². The van der Waals surface area contributed by atoms with Crippen molar-refractivity contribution in [1.82, 2.24) is 0 Å². The van der Waals surface area contributed by atoms with E-state index in [0.29, 0.717) is 6.42 Å². The molecule has 2 rings (SSSR count). The van der Waals surface area contributed by atoms with Gasteiger partial charge in [-0.1, -0.05) is 18.2 Å². The highest BCUT2D eigenvalue weighted by Crippen LogP contribution is 2.21. The zero-order valence-corrected chi connectivity index (χ0v) is 12.8. The molecule has 0 bridgehead atoms. The molecular formula is C16H18FNO2S. The Morgan fingerprint density at radius 2 is 1.90 bits per heavy atom. The summed E-state index contributed by atoms with van der Waals surface area (Å²) in [5, 5.41) is 0. The highest BCUT2D eigenvalue weighted by Gasteiger charge is 2.13. The van der Waals surface area contributed by atoms with Crippen LogP contribution in [0.2, 0.25) is 0 Å². The molecule has 3 nitrogen and oxygen atoms in total. The fraction of sp³-hybridized carbons (Fsp3) is 0.250. The van der Waals surface area contributed by atoms with E-state index >= 15 is 0 Å². The minimum absolute atomic E-state index is 0.256. The molecule has 2 aromatic rings. The minimum atomic E-state index is -3.25. The fourth-order valence-electron chi connectivity index (χ4n) is 2.22. The highest BCUT2D eigenvalue weighted by molar-refractivity contribution is 7.90. The van der Waals surface area contributed by atoms with Crippen molar-refractivity contribution in [3.05, 3.63) is 65.0 Å². The molecule has 5 heteroatoms. The summed E-state index contributed by atoms with van der Waals surface area (Å²) in [7, 11) is -3.25. The average Bonchev–Trinajstić information content (AvgIpc) is 2.41. The molecule has 0 saturated carbocycles. The highest BCUT2D eigenvalue weighted by atomic mass is 32.2. The Balaban J connectivity index is 2.26. The molecule has 2 N–H and O–H groups in total. The quantitative estimate of drug-likeness (QED) is 0.945. The van der Waals surface area contributed by atoms with Crippen LogP contribution < -0.4 is 5.73 Å². The second-order valence-electron chi connectivity index (χ2n) is 5.23. The molecule has 112 valence electrons. The van der Waals surface area contributed by atoms with Crippen molar-refractivity contribution in [2.45, 2.75) is 24.3 Å². The molecule has 0 aliphatic heterocycles. The summed E-state index contributed by atoms with van der Waals surface area (Å²) in [6, 6.07) is 10.9. The van der Waals surface area contributed by atoms with Crippen molar-refractivity contribution in [1.29, 1.82) is 0 Å². The van der Waals surface area contributed by atoms with Gasteiger partial charge in [-0.3, -0.25) is 0 Å². The summed E-state index contributed by atoms with van der Waals surface area (Å²) in [5.41, 5.74) is 8.70. The Morgan fingerprint density at radius 1 is 1.19 bits per heavy atom. The van der Waals surface area contributed by atoms with Gasteiger partial charge in [-0.15, -0.1) is 0 Å². The van der Waals surface area contributed by atoms with E-state index in [1.807, 2.05) is 6.92 Å². The summed E-state index contributed by atoms with van der Waals surface area (Å²) >= 11 is 0. The average molecular weight is 307 g/mol. The molecular weight excluding hydrogens is 289 g/mol. The topological polar surface area (TPSA) is 60.2 Å². The van der Waals surface area contributed by atoms with Crippen molar-refractivity contribution >= 4 is 9.84 Å². The number of rotatable bonds is 4. The Kier molecular flexibility index (Phi) is 4.44. The summed E-state index contributed by atoms with van der Waals surface area (Å²) in [6.45, 7) is 1.83. The van der Waals surface area contributed by atoms with Gasteiger partial charge in [0.1, 0.15) is 5.82 Å². The maximum Gasteiger partial charge on any atom is 0.175 e. The number of sulfone groups is 1. The molecule has 0 fully saturated rings. The Labute approximate surface area is 124 Å². The monoisotopic (exact) mass is 307 g/mol. The van der Waals surface area contributed by atoms with Gasteiger partial charge in [0, 0.05) is 12.3 Å². The third-order valence-electron chi connectivity index (χ3n) is 3.46. The normalized spacial score (nSPS) is 13.1. The lowest BCUT2D eigenvalue weighted by atomic mass is 9.97. The number of hydrogen-bond acceptors (Lipinski definition) is 3. The van der Waals surface area contributed by atoms with Gasteiger partial charge < -0.3 is 5.73 Å². The van der Waals surface area contributed by atoms with Crippen molar-refractivity contribution < 1.29 is 12.8 Å². The van der Waals surface area contributed by atoms with Gasteiger partial charge >= 0.3 is 0 Å². The lowest BCUT2D eigenvalue weighted by Gasteiger charge is -2.15. The second kappa shape index (κ2) is 5.95. The Morgan fingerprint density at radius 3 is 2.52 bits per heavy atom. The van der Waals surface area contributed by atoms with E-state index in [-0.39, 0.29) is 16.8 Å². The maximum absolute atomic E-state index is 13.1. The van der Waals surface area contributed by atoms with Crippen LogP contribution >= 0.6 is 0 Å².